The van der Waals surface area contributed by atoms with Gasteiger partial charge in [0.2, 0.25) is 5.82 Å². The SMILES string of the molecule is CCC(C)Nc1ncnc(Oc2ccc(C)cc2)c1[N+](=O)[O-]. The first-order valence-electron chi connectivity index (χ1n) is 7.01. The molecule has 1 N–H and O–H groups in total. The van der Waals surface area contributed by atoms with Crippen LogP contribution in [-0.2, 0) is 0 Å². The van der Waals surface area contributed by atoms with Gasteiger partial charge < -0.3 is 10.1 Å². The van der Waals surface area contributed by atoms with Crippen LogP contribution in [0.2, 0.25) is 0 Å². The van der Waals surface area contributed by atoms with Crippen LogP contribution in [0.1, 0.15) is 25.8 Å². The van der Waals surface area contributed by atoms with E-state index in [4.69, 9.17) is 4.74 Å². The summed E-state index contributed by atoms with van der Waals surface area (Å²) >= 11 is 0. The topological polar surface area (TPSA) is 90.2 Å². The lowest BCUT2D eigenvalue weighted by atomic mass is 10.2. The zero-order chi connectivity index (χ0) is 16.1. The molecule has 7 heteroatoms. The van der Waals surface area contributed by atoms with Gasteiger partial charge in [-0.25, -0.2) is 4.98 Å². The summed E-state index contributed by atoms with van der Waals surface area (Å²) in [4.78, 5) is 18.7. The summed E-state index contributed by atoms with van der Waals surface area (Å²) in [6.45, 7) is 5.85. The summed E-state index contributed by atoms with van der Waals surface area (Å²) in [5.74, 6) is 0.577. The molecule has 0 saturated heterocycles. The lowest BCUT2D eigenvalue weighted by Gasteiger charge is -2.13. The highest BCUT2D eigenvalue weighted by atomic mass is 16.6. The molecule has 0 saturated carbocycles. The van der Waals surface area contributed by atoms with Crippen molar-refractivity contribution in [1.29, 1.82) is 0 Å². The van der Waals surface area contributed by atoms with E-state index >= 15 is 0 Å². The van der Waals surface area contributed by atoms with Crippen molar-refractivity contribution >= 4 is 11.5 Å². The zero-order valence-corrected chi connectivity index (χ0v) is 12.7. The van der Waals surface area contributed by atoms with E-state index in [1.54, 1.807) is 12.1 Å². The first-order chi connectivity index (χ1) is 10.5. The summed E-state index contributed by atoms with van der Waals surface area (Å²) in [5.41, 5.74) is 0.812. The van der Waals surface area contributed by atoms with Crippen LogP contribution >= 0.6 is 0 Å². The van der Waals surface area contributed by atoms with E-state index in [-0.39, 0.29) is 23.4 Å². The molecule has 1 heterocycles. The number of ether oxygens (including phenoxy) is 1. The minimum absolute atomic E-state index is 0.0563. The van der Waals surface area contributed by atoms with Gasteiger partial charge in [-0.05, 0) is 32.4 Å². The Hall–Kier alpha value is -2.70. The molecule has 0 aliphatic rings. The quantitative estimate of drug-likeness (QED) is 0.646. The third-order valence-electron chi connectivity index (χ3n) is 3.20. The van der Waals surface area contributed by atoms with E-state index in [0.29, 0.717) is 5.75 Å². The lowest BCUT2D eigenvalue weighted by Crippen LogP contribution is -2.16. The molecule has 1 unspecified atom stereocenters. The second-order valence-corrected chi connectivity index (χ2v) is 5.00. The van der Waals surface area contributed by atoms with E-state index < -0.39 is 4.92 Å². The summed E-state index contributed by atoms with van der Waals surface area (Å²) in [5, 5.41) is 14.4. The summed E-state index contributed by atoms with van der Waals surface area (Å²) in [7, 11) is 0. The van der Waals surface area contributed by atoms with Crippen LogP contribution in [0.3, 0.4) is 0 Å². The molecule has 2 aromatic rings. The van der Waals surface area contributed by atoms with E-state index in [0.717, 1.165) is 12.0 Å². The molecule has 7 nitrogen and oxygen atoms in total. The van der Waals surface area contributed by atoms with Gasteiger partial charge in [0.05, 0.1) is 4.92 Å². The number of aryl methyl sites for hydroxylation is 1. The molecule has 0 aliphatic carbocycles. The van der Waals surface area contributed by atoms with Crippen LogP contribution in [-0.4, -0.2) is 20.9 Å². The van der Waals surface area contributed by atoms with Crippen molar-refractivity contribution in [2.75, 3.05) is 5.32 Å². The maximum Gasteiger partial charge on any atom is 0.373 e. The second kappa shape index (κ2) is 6.84. The maximum absolute atomic E-state index is 11.4. The number of hydrogen-bond acceptors (Lipinski definition) is 6. The zero-order valence-electron chi connectivity index (χ0n) is 12.7. The van der Waals surface area contributed by atoms with Crippen molar-refractivity contribution in [3.63, 3.8) is 0 Å². The molecule has 0 aliphatic heterocycles. The fourth-order valence-corrected chi connectivity index (χ4v) is 1.76. The van der Waals surface area contributed by atoms with Crippen molar-refractivity contribution < 1.29 is 9.66 Å². The van der Waals surface area contributed by atoms with Crippen LogP contribution in [0.15, 0.2) is 30.6 Å². The van der Waals surface area contributed by atoms with E-state index in [9.17, 15) is 10.1 Å². The van der Waals surface area contributed by atoms with Gasteiger partial charge in [-0.2, -0.15) is 4.98 Å². The minimum Gasteiger partial charge on any atom is -0.434 e. The maximum atomic E-state index is 11.4. The van der Waals surface area contributed by atoms with Gasteiger partial charge in [0, 0.05) is 6.04 Å². The molecule has 1 atom stereocenters. The molecular formula is C15H18N4O3. The van der Waals surface area contributed by atoms with Crippen LogP contribution < -0.4 is 10.1 Å². The fraction of sp³-hybridized carbons (Fsp3) is 0.333. The van der Waals surface area contributed by atoms with Crippen molar-refractivity contribution in [2.45, 2.75) is 33.2 Å². The highest BCUT2D eigenvalue weighted by molar-refractivity contribution is 5.62. The number of rotatable bonds is 6. The molecule has 0 spiro atoms. The first-order valence-corrected chi connectivity index (χ1v) is 7.01. The largest absolute Gasteiger partial charge is 0.434 e. The van der Waals surface area contributed by atoms with Crippen molar-refractivity contribution in [2.24, 2.45) is 0 Å². The number of hydrogen-bond donors (Lipinski definition) is 1. The number of aromatic nitrogens is 2. The molecule has 116 valence electrons. The Kier molecular flexibility index (Phi) is 4.88. The smallest absolute Gasteiger partial charge is 0.373 e. The molecule has 1 aromatic heterocycles. The van der Waals surface area contributed by atoms with E-state index in [1.165, 1.54) is 6.33 Å². The Morgan fingerprint density at radius 3 is 2.59 bits per heavy atom. The average Bonchev–Trinajstić information content (AvgIpc) is 2.49. The Labute approximate surface area is 128 Å². The summed E-state index contributed by atoms with van der Waals surface area (Å²) in [6.07, 6.45) is 2.07. The predicted octanol–water partition coefficient (Wildman–Crippen LogP) is 3.70. The highest BCUT2D eigenvalue weighted by Gasteiger charge is 2.25. The standard InChI is InChI=1S/C15H18N4O3/c1-4-11(3)18-14-13(19(20)21)15(17-9-16-14)22-12-7-5-10(2)6-8-12/h5-9,11H,4H2,1-3H3,(H,16,17,18). The van der Waals surface area contributed by atoms with Crippen LogP contribution in [0, 0.1) is 17.0 Å². The summed E-state index contributed by atoms with van der Waals surface area (Å²) in [6, 6.07) is 7.26. The monoisotopic (exact) mass is 302 g/mol. The van der Waals surface area contributed by atoms with Gasteiger partial charge in [0.1, 0.15) is 12.1 Å². The van der Waals surface area contributed by atoms with Gasteiger partial charge in [0.15, 0.2) is 0 Å². The highest BCUT2D eigenvalue weighted by Crippen LogP contribution is 2.34. The van der Waals surface area contributed by atoms with Gasteiger partial charge in [0.25, 0.3) is 0 Å². The normalized spacial score (nSPS) is 11.8. The fourth-order valence-electron chi connectivity index (χ4n) is 1.76. The molecule has 0 bridgehead atoms. The number of anilines is 1. The molecule has 1 aromatic carbocycles. The molecular weight excluding hydrogens is 284 g/mol. The lowest BCUT2D eigenvalue weighted by molar-refractivity contribution is -0.385. The van der Waals surface area contributed by atoms with Crippen molar-refractivity contribution in [1.82, 2.24) is 9.97 Å². The van der Waals surface area contributed by atoms with Crippen LogP contribution in [0.4, 0.5) is 11.5 Å². The number of nitro groups is 1. The molecule has 0 amide bonds. The molecule has 0 radical (unpaired) electrons. The third-order valence-corrected chi connectivity index (χ3v) is 3.20. The molecule has 22 heavy (non-hydrogen) atoms. The number of nitrogens with one attached hydrogen (secondary N) is 1. The second-order valence-electron chi connectivity index (χ2n) is 5.00. The van der Waals surface area contributed by atoms with Crippen molar-refractivity contribution in [3.8, 4) is 11.6 Å². The number of nitrogens with zero attached hydrogens (tertiary/aromatic N) is 3. The molecule has 2 rings (SSSR count). The predicted molar refractivity (Wildman–Crippen MR) is 83.3 cm³/mol. The van der Waals surface area contributed by atoms with Crippen molar-refractivity contribution in [3.05, 3.63) is 46.3 Å². The Bertz CT molecular complexity index is 658. The molecule has 0 fully saturated rings. The van der Waals surface area contributed by atoms with Gasteiger partial charge in [-0.15, -0.1) is 0 Å². The Morgan fingerprint density at radius 2 is 2.00 bits per heavy atom. The Morgan fingerprint density at radius 1 is 1.32 bits per heavy atom. The minimum atomic E-state index is -0.533. The van der Waals surface area contributed by atoms with Crippen LogP contribution in [0.5, 0.6) is 11.6 Å². The Balaban J connectivity index is 2.36. The van der Waals surface area contributed by atoms with Crippen LogP contribution in [0.25, 0.3) is 0 Å². The van der Waals surface area contributed by atoms with E-state index in [1.807, 2.05) is 32.9 Å². The average molecular weight is 302 g/mol. The first kappa shape index (κ1) is 15.7. The number of benzene rings is 1. The van der Waals surface area contributed by atoms with Gasteiger partial charge >= 0.3 is 11.6 Å². The van der Waals surface area contributed by atoms with Gasteiger partial charge in [-0.3, -0.25) is 10.1 Å². The van der Waals surface area contributed by atoms with E-state index in [2.05, 4.69) is 15.3 Å². The third kappa shape index (κ3) is 3.69. The summed E-state index contributed by atoms with van der Waals surface area (Å²) < 4.78 is 5.55. The van der Waals surface area contributed by atoms with Gasteiger partial charge in [-0.1, -0.05) is 24.6 Å².